The van der Waals surface area contributed by atoms with Crippen LogP contribution in [-0.4, -0.2) is 13.1 Å². The van der Waals surface area contributed by atoms with Crippen molar-refractivity contribution in [1.29, 1.82) is 15.8 Å². The van der Waals surface area contributed by atoms with Gasteiger partial charge in [-0.15, -0.1) is 0 Å². The molecule has 0 heterocycles. The van der Waals surface area contributed by atoms with E-state index in [0.29, 0.717) is 0 Å². The van der Waals surface area contributed by atoms with Gasteiger partial charge in [0.15, 0.2) is 0 Å². The number of hydrogen-bond donors (Lipinski definition) is 0. The molecule has 0 amide bonds. The van der Waals surface area contributed by atoms with E-state index in [1.54, 1.807) is 6.07 Å². The average molecular weight is 214 g/mol. The summed E-state index contributed by atoms with van der Waals surface area (Å²) in [4.78, 5) is 1.35. The van der Waals surface area contributed by atoms with Gasteiger partial charge in [-0.3, -0.25) is 0 Å². The highest BCUT2D eigenvalue weighted by Crippen LogP contribution is 2.21. The summed E-state index contributed by atoms with van der Waals surface area (Å²) in [5.74, 6) is -0.652. The minimum absolute atomic E-state index is 0.0638. The Hall–Kier alpha value is -2.58. The smallest absolute Gasteiger partial charge is 0.143 e. The molecule has 4 nitrogen and oxygen atoms in total. The van der Waals surface area contributed by atoms with Crippen molar-refractivity contribution in [3.8, 4) is 18.2 Å². The van der Waals surface area contributed by atoms with Crippen LogP contribution in [0.5, 0.6) is 0 Å². The first-order valence-corrected chi connectivity index (χ1v) is 4.42. The number of benzene rings is 1. The predicted molar refractivity (Wildman–Crippen MR) is 54.6 cm³/mol. The predicted octanol–water partition coefficient (Wildman–Crippen LogP) is 1.55. The van der Waals surface area contributed by atoms with E-state index in [1.165, 1.54) is 23.1 Å². The molecule has 0 saturated heterocycles. The van der Waals surface area contributed by atoms with Crippen LogP contribution < -0.4 is 4.90 Å². The normalized spacial score (nSPS) is 8.62. The summed E-state index contributed by atoms with van der Waals surface area (Å²) in [6, 6.07) is 9.57. The Labute approximate surface area is 92.4 Å². The highest BCUT2D eigenvalue weighted by molar-refractivity contribution is 5.60. The third-order valence-electron chi connectivity index (χ3n) is 1.97. The summed E-state index contributed by atoms with van der Waals surface area (Å²) in [5.41, 5.74) is 0.124. The zero-order valence-electron chi connectivity index (χ0n) is 8.31. The van der Waals surface area contributed by atoms with E-state index < -0.39 is 5.82 Å². The molecule has 0 radical (unpaired) electrons. The molecule has 0 spiro atoms. The van der Waals surface area contributed by atoms with E-state index in [9.17, 15) is 4.39 Å². The zero-order valence-corrected chi connectivity index (χ0v) is 8.31. The molecule has 0 saturated carbocycles. The molecule has 0 aliphatic heterocycles. The van der Waals surface area contributed by atoms with E-state index in [4.69, 9.17) is 15.8 Å². The monoisotopic (exact) mass is 214 g/mol. The summed E-state index contributed by atoms with van der Waals surface area (Å²) < 4.78 is 13.3. The lowest BCUT2D eigenvalue weighted by atomic mass is 10.1. The highest BCUT2D eigenvalue weighted by Gasteiger charge is 2.13. The fraction of sp³-hybridized carbons (Fsp3) is 0.182. The first-order valence-electron chi connectivity index (χ1n) is 4.42. The lowest BCUT2D eigenvalue weighted by Gasteiger charge is -2.19. The average Bonchev–Trinajstić information content (AvgIpc) is 2.28. The molecule has 1 aromatic carbocycles. The molecule has 0 N–H and O–H groups in total. The van der Waals surface area contributed by atoms with Crippen LogP contribution in [0.2, 0.25) is 0 Å². The molecule has 0 aromatic heterocycles. The standard InChI is InChI=1S/C11H7FN4/c12-10-2-1-3-11(9(10)8-15)16(6-4-13)7-5-14/h1-3H,6-7H2. The first kappa shape index (κ1) is 11.5. The van der Waals surface area contributed by atoms with Crippen LogP contribution >= 0.6 is 0 Å². The largest absolute Gasteiger partial charge is 0.344 e. The molecule has 16 heavy (non-hydrogen) atoms. The molecular formula is C11H7FN4. The van der Waals surface area contributed by atoms with Gasteiger partial charge in [-0.1, -0.05) is 6.07 Å². The van der Waals surface area contributed by atoms with E-state index >= 15 is 0 Å². The van der Waals surface area contributed by atoms with Crippen LogP contribution in [0.4, 0.5) is 10.1 Å². The third kappa shape index (κ3) is 2.26. The maximum atomic E-state index is 13.3. The van der Waals surface area contributed by atoms with Gasteiger partial charge in [-0.2, -0.15) is 15.8 Å². The second-order valence-electron chi connectivity index (χ2n) is 2.92. The SMILES string of the molecule is N#CCN(CC#N)c1cccc(F)c1C#N. The van der Waals surface area contributed by atoms with Gasteiger partial charge in [0.2, 0.25) is 0 Å². The number of rotatable bonds is 3. The number of halogens is 1. The first-order chi connectivity index (χ1) is 7.74. The third-order valence-corrected chi connectivity index (χ3v) is 1.97. The highest BCUT2D eigenvalue weighted by atomic mass is 19.1. The number of nitrogens with zero attached hydrogens (tertiary/aromatic N) is 4. The zero-order chi connectivity index (χ0) is 12.0. The van der Waals surface area contributed by atoms with Crippen LogP contribution in [-0.2, 0) is 0 Å². The number of nitriles is 3. The Morgan fingerprint density at radius 2 is 1.75 bits per heavy atom. The maximum Gasteiger partial charge on any atom is 0.143 e. The molecule has 1 rings (SSSR count). The van der Waals surface area contributed by atoms with Crippen molar-refractivity contribution >= 4 is 5.69 Å². The van der Waals surface area contributed by atoms with Gasteiger partial charge >= 0.3 is 0 Å². The van der Waals surface area contributed by atoms with Gasteiger partial charge in [0.1, 0.15) is 30.5 Å². The van der Waals surface area contributed by atoms with Crippen LogP contribution in [0.25, 0.3) is 0 Å². The minimum Gasteiger partial charge on any atom is -0.344 e. The summed E-state index contributed by atoms with van der Waals surface area (Å²) in [6.07, 6.45) is 0. The molecule has 0 atom stereocenters. The summed E-state index contributed by atoms with van der Waals surface area (Å²) in [5, 5.41) is 26.0. The quantitative estimate of drug-likeness (QED) is 0.715. The van der Waals surface area contributed by atoms with Crippen LogP contribution in [0.3, 0.4) is 0 Å². The van der Waals surface area contributed by atoms with Crippen molar-refractivity contribution < 1.29 is 4.39 Å². The minimum atomic E-state index is -0.652. The molecule has 0 bridgehead atoms. The Morgan fingerprint density at radius 1 is 1.12 bits per heavy atom. The van der Waals surface area contributed by atoms with Gasteiger partial charge in [-0.25, -0.2) is 4.39 Å². The maximum absolute atomic E-state index is 13.3. The fourth-order valence-electron chi connectivity index (χ4n) is 1.28. The molecule has 0 fully saturated rings. The molecule has 0 aliphatic carbocycles. The van der Waals surface area contributed by atoms with Crippen molar-refractivity contribution in [3.63, 3.8) is 0 Å². The second-order valence-corrected chi connectivity index (χ2v) is 2.92. The van der Waals surface area contributed by atoms with Crippen molar-refractivity contribution in [2.24, 2.45) is 0 Å². The molecule has 78 valence electrons. The van der Waals surface area contributed by atoms with Crippen molar-refractivity contribution in [3.05, 3.63) is 29.6 Å². The lowest BCUT2D eigenvalue weighted by Crippen LogP contribution is -2.24. The Balaban J connectivity index is 3.21. The van der Waals surface area contributed by atoms with Gasteiger partial charge in [0.05, 0.1) is 17.8 Å². The van der Waals surface area contributed by atoms with E-state index in [1.807, 2.05) is 12.1 Å². The number of hydrogen-bond acceptors (Lipinski definition) is 4. The van der Waals surface area contributed by atoms with Gasteiger partial charge in [0, 0.05) is 0 Å². The van der Waals surface area contributed by atoms with Crippen LogP contribution in [0, 0.1) is 39.8 Å². The summed E-state index contributed by atoms with van der Waals surface area (Å²) in [6.45, 7) is -0.128. The van der Waals surface area contributed by atoms with E-state index in [0.717, 1.165) is 0 Å². The molecular weight excluding hydrogens is 207 g/mol. The van der Waals surface area contributed by atoms with Crippen molar-refractivity contribution in [2.45, 2.75) is 0 Å². The Kier molecular flexibility index (Phi) is 3.83. The van der Waals surface area contributed by atoms with Gasteiger partial charge < -0.3 is 4.90 Å². The second kappa shape index (κ2) is 5.34. The topological polar surface area (TPSA) is 74.6 Å². The van der Waals surface area contributed by atoms with E-state index in [2.05, 4.69) is 0 Å². The summed E-state index contributed by atoms with van der Waals surface area (Å²) >= 11 is 0. The van der Waals surface area contributed by atoms with Crippen molar-refractivity contribution in [1.82, 2.24) is 0 Å². The Bertz CT molecular complexity index is 488. The summed E-state index contributed by atoms with van der Waals surface area (Å²) in [7, 11) is 0. The van der Waals surface area contributed by atoms with E-state index in [-0.39, 0.29) is 24.3 Å². The molecule has 0 unspecified atom stereocenters. The molecule has 1 aromatic rings. The van der Waals surface area contributed by atoms with Gasteiger partial charge in [-0.05, 0) is 12.1 Å². The fourth-order valence-corrected chi connectivity index (χ4v) is 1.28. The lowest BCUT2D eigenvalue weighted by molar-refractivity contribution is 0.623. The van der Waals surface area contributed by atoms with Crippen LogP contribution in [0.1, 0.15) is 5.56 Å². The van der Waals surface area contributed by atoms with Crippen LogP contribution in [0.15, 0.2) is 18.2 Å². The number of anilines is 1. The van der Waals surface area contributed by atoms with Crippen molar-refractivity contribution in [2.75, 3.05) is 18.0 Å². The van der Waals surface area contributed by atoms with Gasteiger partial charge in [0.25, 0.3) is 0 Å². The molecule has 5 heteroatoms. The molecule has 0 aliphatic rings. The Morgan fingerprint density at radius 3 is 2.25 bits per heavy atom.